The zero-order chi connectivity index (χ0) is 21.0. The Bertz CT molecular complexity index is 1010. The number of rotatable bonds is 5. The Balaban J connectivity index is 1.37. The quantitative estimate of drug-likeness (QED) is 0.631. The highest BCUT2D eigenvalue weighted by Gasteiger charge is 2.28. The largest absolute Gasteiger partial charge is 0.350 e. The van der Waals surface area contributed by atoms with Crippen LogP contribution in [0.3, 0.4) is 0 Å². The minimum atomic E-state index is 0.382. The van der Waals surface area contributed by atoms with Crippen molar-refractivity contribution < 1.29 is 0 Å². The highest BCUT2D eigenvalue weighted by molar-refractivity contribution is 5.51. The predicted octanol–water partition coefficient (Wildman–Crippen LogP) is 3.91. The Labute approximate surface area is 184 Å². The average Bonchev–Trinajstić information content (AvgIpc) is 2.81. The van der Waals surface area contributed by atoms with Gasteiger partial charge >= 0.3 is 0 Å². The summed E-state index contributed by atoms with van der Waals surface area (Å²) in [5.41, 5.74) is 4.82. The van der Waals surface area contributed by atoms with Crippen molar-refractivity contribution in [2.45, 2.75) is 51.6 Å². The van der Waals surface area contributed by atoms with Crippen molar-refractivity contribution in [3.63, 3.8) is 0 Å². The van der Waals surface area contributed by atoms with Gasteiger partial charge in [0, 0.05) is 55.4 Å². The Kier molecular flexibility index (Phi) is 5.89. The minimum Gasteiger partial charge on any atom is -0.350 e. The summed E-state index contributed by atoms with van der Waals surface area (Å²) < 4.78 is 0. The number of pyridine rings is 2. The molecular weight excluding hydrogens is 384 g/mol. The normalized spacial score (nSPS) is 19.3. The summed E-state index contributed by atoms with van der Waals surface area (Å²) in [6.45, 7) is 7.07. The zero-order valence-corrected chi connectivity index (χ0v) is 18.2. The predicted molar refractivity (Wildman–Crippen MR) is 122 cm³/mol. The number of aromatic nitrogens is 4. The van der Waals surface area contributed by atoms with Gasteiger partial charge < -0.3 is 4.90 Å². The fourth-order valence-electron chi connectivity index (χ4n) is 4.89. The summed E-state index contributed by atoms with van der Waals surface area (Å²) >= 11 is 0. The van der Waals surface area contributed by atoms with E-state index in [1.54, 1.807) is 0 Å². The maximum Gasteiger partial charge on any atom is 0.136 e. The lowest BCUT2D eigenvalue weighted by molar-refractivity contribution is 0.196. The van der Waals surface area contributed by atoms with E-state index in [0.29, 0.717) is 5.92 Å². The third kappa shape index (κ3) is 4.59. The summed E-state index contributed by atoms with van der Waals surface area (Å²) in [7, 11) is 0. The van der Waals surface area contributed by atoms with Crippen LogP contribution in [0.5, 0.6) is 0 Å². The van der Waals surface area contributed by atoms with Crippen LogP contribution in [0.1, 0.15) is 53.5 Å². The van der Waals surface area contributed by atoms with Crippen molar-refractivity contribution in [1.29, 1.82) is 0 Å². The van der Waals surface area contributed by atoms with Gasteiger partial charge in [-0.1, -0.05) is 12.1 Å². The molecule has 0 N–H and O–H groups in total. The number of anilines is 1. The Morgan fingerprint density at radius 3 is 2.81 bits per heavy atom. The van der Waals surface area contributed by atoms with E-state index in [4.69, 9.17) is 9.97 Å². The van der Waals surface area contributed by atoms with Gasteiger partial charge in [0.15, 0.2) is 0 Å². The van der Waals surface area contributed by atoms with Crippen molar-refractivity contribution in [3.05, 3.63) is 77.3 Å². The zero-order valence-electron chi connectivity index (χ0n) is 18.2. The van der Waals surface area contributed by atoms with Crippen molar-refractivity contribution in [1.82, 2.24) is 24.8 Å². The van der Waals surface area contributed by atoms with Crippen molar-refractivity contribution >= 4 is 5.82 Å². The molecule has 0 aromatic carbocycles. The third-order valence-electron chi connectivity index (χ3n) is 6.44. The maximum absolute atomic E-state index is 5.16. The minimum absolute atomic E-state index is 0.382. The molecule has 0 amide bonds. The topological polar surface area (TPSA) is 58.0 Å². The Morgan fingerprint density at radius 2 is 1.97 bits per heavy atom. The van der Waals surface area contributed by atoms with Crippen LogP contribution in [-0.4, -0.2) is 44.5 Å². The summed E-state index contributed by atoms with van der Waals surface area (Å²) in [6.07, 6.45) is 10.2. The number of likely N-dealkylation sites (tertiary alicyclic amines) is 1. The Hall–Kier alpha value is -2.86. The van der Waals surface area contributed by atoms with Crippen LogP contribution in [0.25, 0.3) is 0 Å². The molecule has 6 nitrogen and oxygen atoms in total. The molecule has 6 heteroatoms. The molecule has 5 rings (SSSR count). The summed E-state index contributed by atoms with van der Waals surface area (Å²) in [6, 6.07) is 10.3. The van der Waals surface area contributed by atoms with Crippen LogP contribution in [0.15, 0.2) is 48.9 Å². The lowest BCUT2D eigenvalue weighted by Gasteiger charge is -2.34. The SMILES string of the molecule is Cc1nc([C@H]2CCCN(Cc3cccnc3)C2)nc2c1CCCN2Cc1ccccn1. The first-order chi connectivity index (χ1) is 15.3. The monoisotopic (exact) mass is 414 g/mol. The second kappa shape index (κ2) is 9.10. The van der Waals surface area contributed by atoms with E-state index in [-0.39, 0.29) is 0 Å². The average molecular weight is 415 g/mol. The first kappa shape index (κ1) is 20.1. The van der Waals surface area contributed by atoms with Gasteiger partial charge in [0.05, 0.1) is 12.2 Å². The van der Waals surface area contributed by atoms with Crippen molar-refractivity contribution in [3.8, 4) is 0 Å². The molecule has 0 saturated carbocycles. The van der Waals surface area contributed by atoms with Crippen molar-refractivity contribution in [2.24, 2.45) is 0 Å². The number of hydrogen-bond acceptors (Lipinski definition) is 6. The molecule has 1 fully saturated rings. The van der Waals surface area contributed by atoms with Crippen LogP contribution in [0.4, 0.5) is 5.82 Å². The van der Waals surface area contributed by atoms with Gasteiger partial charge in [0.1, 0.15) is 11.6 Å². The van der Waals surface area contributed by atoms with Crippen LogP contribution >= 0.6 is 0 Å². The number of aryl methyl sites for hydroxylation is 1. The van der Waals surface area contributed by atoms with E-state index in [0.717, 1.165) is 75.0 Å². The smallest absolute Gasteiger partial charge is 0.136 e. The van der Waals surface area contributed by atoms with Gasteiger partial charge in [-0.2, -0.15) is 0 Å². The highest BCUT2D eigenvalue weighted by atomic mass is 15.2. The molecule has 31 heavy (non-hydrogen) atoms. The number of hydrogen-bond donors (Lipinski definition) is 0. The maximum atomic E-state index is 5.16. The van der Waals surface area contributed by atoms with E-state index >= 15 is 0 Å². The van der Waals surface area contributed by atoms with E-state index in [1.165, 1.54) is 17.5 Å². The second-order valence-corrected chi connectivity index (χ2v) is 8.75. The first-order valence-corrected chi connectivity index (χ1v) is 11.4. The molecular formula is C25H30N6. The molecule has 0 bridgehead atoms. The molecule has 0 spiro atoms. The molecule has 2 aliphatic heterocycles. The standard InChI is InChI=1S/C25H30N6/c1-19-23-10-6-14-31(18-22-9-2-3-12-27-22)25(23)29-24(28-19)21-8-5-13-30(17-21)16-20-7-4-11-26-15-20/h2-4,7,9,11-12,15,21H,5-6,8,10,13-14,16-18H2,1H3/t21-/m0/s1. The van der Waals surface area contributed by atoms with Gasteiger partial charge in [-0.05, 0) is 62.9 Å². The number of piperidine rings is 1. The molecule has 1 atom stereocenters. The molecule has 160 valence electrons. The molecule has 3 aromatic rings. The summed E-state index contributed by atoms with van der Waals surface area (Å²) in [4.78, 5) is 23.9. The summed E-state index contributed by atoms with van der Waals surface area (Å²) in [5, 5.41) is 0. The van der Waals surface area contributed by atoms with Gasteiger partial charge in [0.25, 0.3) is 0 Å². The second-order valence-electron chi connectivity index (χ2n) is 8.75. The first-order valence-electron chi connectivity index (χ1n) is 11.4. The lowest BCUT2D eigenvalue weighted by Crippen LogP contribution is -2.36. The fourth-order valence-corrected chi connectivity index (χ4v) is 4.89. The van der Waals surface area contributed by atoms with Gasteiger partial charge in [-0.15, -0.1) is 0 Å². The van der Waals surface area contributed by atoms with Crippen LogP contribution < -0.4 is 4.90 Å². The van der Waals surface area contributed by atoms with Crippen molar-refractivity contribution in [2.75, 3.05) is 24.5 Å². The van der Waals surface area contributed by atoms with E-state index in [1.807, 2.05) is 30.7 Å². The van der Waals surface area contributed by atoms with Gasteiger partial charge in [0.2, 0.25) is 0 Å². The lowest BCUT2D eigenvalue weighted by atomic mass is 9.95. The molecule has 0 unspecified atom stereocenters. The Morgan fingerprint density at radius 1 is 1.00 bits per heavy atom. The van der Waals surface area contributed by atoms with E-state index < -0.39 is 0 Å². The molecule has 0 radical (unpaired) electrons. The van der Waals surface area contributed by atoms with Crippen LogP contribution in [-0.2, 0) is 19.5 Å². The summed E-state index contributed by atoms with van der Waals surface area (Å²) in [5.74, 6) is 2.52. The highest BCUT2D eigenvalue weighted by Crippen LogP contribution is 2.32. The molecule has 5 heterocycles. The number of fused-ring (bicyclic) bond motifs is 1. The molecule has 1 saturated heterocycles. The van der Waals surface area contributed by atoms with E-state index in [2.05, 4.69) is 44.9 Å². The van der Waals surface area contributed by atoms with Crippen LogP contribution in [0.2, 0.25) is 0 Å². The fraction of sp³-hybridized carbons (Fsp3) is 0.440. The van der Waals surface area contributed by atoms with E-state index in [9.17, 15) is 0 Å². The number of nitrogens with zero attached hydrogens (tertiary/aromatic N) is 6. The third-order valence-corrected chi connectivity index (χ3v) is 6.44. The molecule has 3 aromatic heterocycles. The van der Waals surface area contributed by atoms with Gasteiger partial charge in [-0.25, -0.2) is 9.97 Å². The van der Waals surface area contributed by atoms with Gasteiger partial charge in [-0.3, -0.25) is 14.9 Å². The molecule has 0 aliphatic carbocycles. The molecule has 2 aliphatic rings. The van der Waals surface area contributed by atoms with Crippen LogP contribution in [0, 0.1) is 6.92 Å².